The largest absolute Gasteiger partial charge is 0.481 e. The molecule has 0 amide bonds. The number of hydrogen-bond acceptors (Lipinski definition) is 2. The van der Waals surface area contributed by atoms with Crippen LogP contribution in [-0.2, 0) is 11.2 Å². The maximum absolute atomic E-state index is 10.8. The minimum atomic E-state index is -0.885. The zero-order valence-corrected chi connectivity index (χ0v) is 11.1. The van der Waals surface area contributed by atoms with E-state index in [2.05, 4.69) is 0 Å². The summed E-state index contributed by atoms with van der Waals surface area (Å²) in [6, 6.07) is 12.4. The Morgan fingerprint density at radius 3 is 2.63 bits per heavy atom. The molecule has 0 aliphatic heterocycles. The lowest BCUT2D eigenvalue weighted by atomic mass is 10.1. The van der Waals surface area contributed by atoms with Crippen molar-refractivity contribution in [3.63, 3.8) is 0 Å². The molecule has 0 saturated heterocycles. The summed E-state index contributed by atoms with van der Waals surface area (Å²) in [7, 11) is 0. The average Bonchev–Trinajstić information content (AvgIpc) is 2.34. The molecule has 0 radical (unpaired) electrons. The van der Waals surface area contributed by atoms with Gasteiger partial charge in [0, 0.05) is 10.6 Å². The van der Waals surface area contributed by atoms with E-state index in [1.165, 1.54) is 0 Å². The molecular formula is C15H13ClO3. The highest BCUT2D eigenvalue weighted by molar-refractivity contribution is 6.30. The number of benzene rings is 2. The second-order valence-corrected chi connectivity index (χ2v) is 4.63. The molecule has 0 unspecified atom stereocenters. The molecule has 4 heteroatoms. The first kappa shape index (κ1) is 13.4. The van der Waals surface area contributed by atoms with Gasteiger partial charge < -0.3 is 9.84 Å². The van der Waals surface area contributed by atoms with Crippen LogP contribution in [0.25, 0.3) is 0 Å². The van der Waals surface area contributed by atoms with Gasteiger partial charge in [-0.3, -0.25) is 4.79 Å². The number of ether oxygens (including phenoxy) is 1. The lowest BCUT2D eigenvalue weighted by molar-refractivity contribution is -0.136. The number of halogens is 1. The molecule has 0 heterocycles. The highest BCUT2D eigenvalue weighted by Gasteiger charge is 2.09. The summed E-state index contributed by atoms with van der Waals surface area (Å²) in [6.45, 7) is 1.89. The Labute approximate surface area is 116 Å². The van der Waals surface area contributed by atoms with Crippen LogP contribution >= 0.6 is 11.6 Å². The van der Waals surface area contributed by atoms with Crippen LogP contribution in [-0.4, -0.2) is 11.1 Å². The van der Waals surface area contributed by atoms with Crippen LogP contribution in [0.5, 0.6) is 11.5 Å². The molecule has 0 fully saturated rings. The van der Waals surface area contributed by atoms with E-state index in [-0.39, 0.29) is 6.42 Å². The van der Waals surface area contributed by atoms with Crippen molar-refractivity contribution < 1.29 is 14.6 Å². The first-order valence-electron chi connectivity index (χ1n) is 5.80. The van der Waals surface area contributed by atoms with Gasteiger partial charge >= 0.3 is 5.97 Å². The molecule has 0 aliphatic carbocycles. The van der Waals surface area contributed by atoms with E-state index in [0.29, 0.717) is 22.1 Å². The summed E-state index contributed by atoms with van der Waals surface area (Å²) in [4.78, 5) is 10.8. The minimum absolute atomic E-state index is 0.0667. The van der Waals surface area contributed by atoms with Gasteiger partial charge in [0.15, 0.2) is 0 Å². The van der Waals surface area contributed by atoms with Gasteiger partial charge in [-0.15, -0.1) is 0 Å². The first-order chi connectivity index (χ1) is 9.06. The second-order valence-electron chi connectivity index (χ2n) is 4.19. The number of para-hydroxylation sites is 1. The van der Waals surface area contributed by atoms with Crippen molar-refractivity contribution in [2.24, 2.45) is 0 Å². The molecule has 19 heavy (non-hydrogen) atoms. The lowest BCUT2D eigenvalue weighted by Crippen LogP contribution is -2.02. The van der Waals surface area contributed by atoms with E-state index in [0.717, 1.165) is 5.56 Å². The summed E-state index contributed by atoms with van der Waals surface area (Å²) < 4.78 is 5.77. The molecular weight excluding hydrogens is 264 g/mol. The lowest BCUT2D eigenvalue weighted by Gasteiger charge is -2.12. The monoisotopic (exact) mass is 276 g/mol. The van der Waals surface area contributed by atoms with Crippen molar-refractivity contribution in [1.29, 1.82) is 0 Å². The van der Waals surface area contributed by atoms with Gasteiger partial charge in [0.2, 0.25) is 0 Å². The van der Waals surface area contributed by atoms with Crippen molar-refractivity contribution in [3.05, 3.63) is 58.6 Å². The number of aryl methyl sites for hydroxylation is 1. The van der Waals surface area contributed by atoms with Crippen LogP contribution in [0.2, 0.25) is 5.02 Å². The maximum Gasteiger partial charge on any atom is 0.307 e. The van der Waals surface area contributed by atoms with Crippen LogP contribution in [0, 0.1) is 6.92 Å². The van der Waals surface area contributed by atoms with Crippen molar-refractivity contribution in [2.45, 2.75) is 13.3 Å². The van der Waals surface area contributed by atoms with E-state index < -0.39 is 5.97 Å². The van der Waals surface area contributed by atoms with Gasteiger partial charge in [-0.25, -0.2) is 0 Å². The molecule has 0 aromatic heterocycles. The van der Waals surface area contributed by atoms with Gasteiger partial charge in [0.05, 0.1) is 6.42 Å². The fourth-order valence-corrected chi connectivity index (χ4v) is 1.98. The minimum Gasteiger partial charge on any atom is -0.481 e. The standard InChI is InChI=1S/C15H13ClO3/c1-10-8-12(16)6-7-13(10)19-14-5-3-2-4-11(14)9-15(17)18/h2-8H,9H2,1H3,(H,17,18). The Morgan fingerprint density at radius 1 is 1.21 bits per heavy atom. The smallest absolute Gasteiger partial charge is 0.307 e. The second kappa shape index (κ2) is 5.76. The molecule has 0 aliphatic rings. The van der Waals surface area contributed by atoms with E-state index in [1.807, 2.05) is 13.0 Å². The van der Waals surface area contributed by atoms with Crippen molar-refractivity contribution in [1.82, 2.24) is 0 Å². The summed E-state index contributed by atoms with van der Waals surface area (Å²) in [5.41, 5.74) is 1.54. The zero-order chi connectivity index (χ0) is 13.8. The van der Waals surface area contributed by atoms with Crippen LogP contribution < -0.4 is 4.74 Å². The molecule has 0 spiro atoms. The first-order valence-corrected chi connectivity index (χ1v) is 6.18. The molecule has 2 rings (SSSR count). The molecule has 2 aromatic carbocycles. The number of aliphatic carboxylic acids is 1. The normalized spacial score (nSPS) is 10.2. The van der Waals surface area contributed by atoms with Crippen molar-refractivity contribution in [2.75, 3.05) is 0 Å². The predicted molar refractivity (Wildman–Crippen MR) is 74.0 cm³/mol. The Bertz CT molecular complexity index is 608. The van der Waals surface area contributed by atoms with Crippen molar-refractivity contribution >= 4 is 17.6 Å². The molecule has 0 atom stereocenters. The molecule has 98 valence electrons. The maximum atomic E-state index is 10.8. The van der Waals surface area contributed by atoms with E-state index >= 15 is 0 Å². The van der Waals surface area contributed by atoms with E-state index in [9.17, 15) is 4.79 Å². The Morgan fingerprint density at radius 2 is 1.95 bits per heavy atom. The predicted octanol–water partition coefficient (Wildman–Crippen LogP) is 4.07. The highest BCUT2D eigenvalue weighted by atomic mass is 35.5. The van der Waals surface area contributed by atoms with Crippen LogP contribution in [0.15, 0.2) is 42.5 Å². The van der Waals surface area contributed by atoms with Gasteiger partial charge in [-0.05, 0) is 36.8 Å². The van der Waals surface area contributed by atoms with Gasteiger partial charge in [0.1, 0.15) is 11.5 Å². The third-order valence-electron chi connectivity index (χ3n) is 2.67. The summed E-state index contributed by atoms with van der Waals surface area (Å²) >= 11 is 5.89. The fourth-order valence-electron chi connectivity index (χ4n) is 1.76. The molecule has 2 aromatic rings. The number of carboxylic acids is 1. The summed E-state index contributed by atoms with van der Waals surface area (Å²) in [5.74, 6) is 0.335. The molecule has 0 saturated carbocycles. The molecule has 3 nitrogen and oxygen atoms in total. The van der Waals surface area contributed by atoms with Crippen LogP contribution in [0.4, 0.5) is 0 Å². The Kier molecular flexibility index (Phi) is 4.07. The van der Waals surface area contributed by atoms with Crippen LogP contribution in [0.3, 0.4) is 0 Å². The number of hydrogen-bond donors (Lipinski definition) is 1. The van der Waals surface area contributed by atoms with Crippen molar-refractivity contribution in [3.8, 4) is 11.5 Å². The quantitative estimate of drug-likeness (QED) is 0.916. The Balaban J connectivity index is 2.30. The summed E-state index contributed by atoms with van der Waals surface area (Å²) in [5, 5.41) is 9.52. The molecule has 0 bridgehead atoms. The third kappa shape index (κ3) is 3.48. The number of carboxylic acid groups (broad SMARTS) is 1. The van der Waals surface area contributed by atoms with E-state index in [4.69, 9.17) is 21.4 Å². The topological polar surface area (TPSA) is 46.5 Å². The number of carbonyl (C=O) groups is 1. The third-order valence-corrected chi connectivity index (χ3v) is 2.91. The Hall–Kier alpha value is -2.00. The summed E-state index contributed by atoms with van der Waals surface area (Å²) in [6.07, 6.45) is -0.0667. The number of rotatable bonds is 4. The van der Waals surface area contributed by atoms with Gasteiger partial charge in [-0.1, -0.05) is 29.8 Å². The zero-order valence-electron chi connectivity index (χ0n) is 10.4. The highest BCUT2D eigenvalue weighted by Crippen LogP contribution is 2.29. The average molecular weight is 277 g/mol. The van der Waals surface area contributed by atoms with Gasteiger partial charge in [0.25, 0.3) is 0 Å². The van der Waals surface area contributed by atoms with Gasteiger partial charge in [-0.2, -0.15) is 0 Å². The SMILES string of the molecule is Cc1cc(Cl)ccc1Oc1ccccc1CC(=O)O. The fraction of sp³-hybridized carbons (Fsp3) is 0.133. The van der Waals surface area contributed by atoms with E-state index in [1.54, 1.807) is 36.4 Å². The van der Waals surface area contributed by atoms with Crippen LogP contribution in [0.1, 0.15) is 11.1 Å². The molecule has 1 N–H and O–H groups in total.